The van der Waals surface area contributed by atoms with E-state index in [2.05, 4.69) is 86.2 Å². The van der Waals surface area contributed by atoms with Crippen LogP contribution in [0.5, 0.6) is 0 Å². The molecule has 0 fully saturated rings. The van der Waals surface area contributed by atoms with Crippen LogP contribution in [0.25, 0.3) is 0 Å². The van der Waals surface area contributed by atoms with Crippen LogP contribution in [0.3, 0.4) is 0 Å². The average molecular weight is 311 g/mol. The molecule has 0 aromatic heterocycles. The highest BCUT2D eigenvalue weighted by molar-refractivity contribution is 8.00. The van der Waals surface area contributed by atoms with Crippen LogP contribution in [0, 0.1) is 0 Å². The SMILES string of the molecule is CC(CN(C)C)SC1c2ccccc2CCc2ccccc21. The highest BCUT2D eigenvalue weighted by Gasteiger charge is 2.25. The number of hydrogen-bond acceptors (Lipinski definition) is 2. The van der Waals surface area contributed by atoms with E-state index < -0.39 is 0 Å². The van der Waals surface area contributed by atoms with Gasteiger partial charge in [0.25, 0.3) is 0 Å². The molecule has 2 aromatic carbocycles. The van der Waals surface area contributed by atoms with Crippen molar-refractivity contribution in [2.75, 3.05) is 20.6 Å². The minimum atomic E-state index is 0.463. The van der Waals surface area contributed by atoms with Gasteiger partial charge in [0.2, 0.25) is 0 Å². The number of hydrogen-bond donors (Lipinski definition) is 0. The van der Waals surface area contributed by atoms with E-state index in [0.29, 0.717) is 10.5 Å². The Bertz CT molecular complexity index is 588. The first-order chi connectivity index (χ1) is 10.6. The van der Waals surface area contributed by atoms with Crippen molar-refractivity contribution in [2.45, 2.75) is 30.3 Å². The maximum Gasteiger partial charge on any atom is 0.0555 e. The molecule has 0 saturated carbocycles. The second kappa shape index (κ2) is 6.89. The van der Waals surface area contributed by atoms with Gasteiger partial charge in [-0.05, 0) is 49.2 Å². The average Bonchev–Trinajstić information content (AvgIpc) is 2.65. The lowest BCUT2D eigenvalue weighted by Crippen LogP contribution is -2.22. The summed E-state index contributed by atoms with van der Waals surface area (Å²) >= 11 is 2.11. The molecule has 0 aliphatic heterocycles. The molecule has 1 aliphatic rings. The van der Waals surface area contributed by atoms with Crippen molar-refractivity contribution in [2.24, 2.45) is 0 Å². The zero-order valence-corrected chi connectivity index (χ0v) is 14.6. The number of thioether (sulfide) groups is 1. The molecule has 1 atom stereocenters. The van der Waals surface area contributed by atoms with Crippen LogP contribution in [0.2, 0.25) is 0 Å². The molecule has 0 spiro atoms. The molecule has 22 heavy (non-hydrogen) atoms. The zero-order chi connectivity index (χ0) is 15.5. The number of rotatable bonds is 4. The summed E-state index contributed by atoms with van der Waals surface area (Å²) in [5, 5.41) is 1.07. The Hall–Kier alpha value is -1.25. The van der Waals surface area contributed by atoms with Crippen LogP contribution < -0.4 is 0 Å². The minimum absolute atomic E-state index is 0.463. The fourth-order valence-corrected chi connectivity index (χ4v) is 5.01. The van der Waals surface area contributed by atoms with Crippen molar-refractivity contribution >= 4 is 11.8 Å². The van der Waals surface area contributed by atoms with Gasteiger partial charge in [0.05, 0.1) is 5.25 Å². The number of fused-ring (bicyclic) bond motifs is 2. The van der Waals surface area contributed by atoms with Crippen LogP contribution >= 0.6 is 11.8 Å². The van der Waals surface area contributed by atoms with Crippen LogP contribution in [0.15, 0.2) is 48.5 Å². The van der Waals surface area contributed by atoms with Crippen LogP contribution in [-0.2, 0) is 12.8 Å². The Morgan fingerprint density at radius 2 is 1.45 bits per heavy atom. The lowest BCUT2D eigenvalue weighted by Gasteiger charge is -2.25. The molecule has 2 aromatic rings. The van der Waals surface area contributed by atoms with Gasteiger partial charge in [-0.15, -0.1) is 11.8 Å². The Kier molecular flexibility index (Phi) is 4.90. The third-order valence-electron chi connectivity index (χ3n) is 4.33. The Balaban J connectivity index is 1.99. The van der Waals surface area contributed by atoms with E-state index in [-0.39, 0.29) is 0 Å². The smallest absolute Gasteiger partial charge is 0.0555 e. The van der Waals surface area contributed by atoms with Gasteiger partial charge in [0.15, 0.2) is 0 Å². The van der Waals surface area contributed by atoms with E-state index in [0.717, 1.165) is 19.4 Å². The third-order valence-corrected chi connectivity index (χ3v) is 5.72. The zero-order valence-electron chi connectivity index (χ0n) is 13.8. The largest absolute Gasteiger partial charge is 0.308 e. The predicted octanol–water partition coefficient (Wildman–Crippen LogP) is 4.56. The molecule has 3 rings (SSSR count). The molecule has 0 heterocycles. The highest BCUT2D eigenvalue weighted by atomic mass is 32.2. The van der Waals surface area contributed by atoms with Gasteiger partial charge < -0.3 is 4.90 Å². The molecule has 1 nitrogen and oxygen atoms in total. The summed E-state index contributed by atoms with van der Waals surface area (Å²) < 4.78 is 0. The molecule has 116 valence electrons. The van der Waals surface area contributed by atoms with Gasteiger partial charge in [0, 0.05) is 11.8 Å². The normalized spacial score (nSPS) is 16.0. The molecule has 0 amide bonds. The summed E-state index contributed by atoms with van der Waals surface area (Å²) in [6.45, 7) is 3.46. The van der Waals surface area contributed by atoms with Gasteiger partial charge in [-0.1, -0.05) is 55.5 Å². The Labute approximate surface area is 138 Å². The molecular weight excluding hydrogens is 286 g/mol. The van der Waals surface area contributed by atoms with Crippen molar-refractivity contribution < 1.29 is 0 Å². The van der Waals surface area contributed by atoms with Gasteiger partial charge in [-0.3, -0.25) is 0 Å². The first kappa shape index (κ1) is 15.6. The third kappa shape index (κ3) is 3.39. The summed E-state index contributed by atoms with van der Waals surface area (Å²) in [5.74, 6) is 0. The monoisotopic (exact) mass is 311 g/mol. The maximum absolute atomic E-state index is 2.35. The van der Waals surface area contributed by atoms with Crippen LogP contribution in [0.4, 0.5) is 0 Å². The first-order valence-electron chi connectivity index (χ1n) is 8.11. The van der Waals surface area contributed by atoms with E-state index >= 15 is 0 Å². The Morgan fingerprint density at radius 1 is 0.955 bits per heavy atom. The number of aryl methyl sites for hydroxylation is 2. The van der Waals surface area contributed by atoms with Crippen molar-refractivity contribution in [1.82, 2.24) is 4.90 Å². The summed E-state index contributed by atoms with van der Waals surface area (Å²) in [5.41, 5.74) is 6.08. The van der Waals surface area contributed by atoms with Gasteiger partial charge in [-0.25, -0.2) is 0 Å². The number of nitrogens with zero attached hydrogens (tertiary/aromatic N) is 1. The fourth-order valence-electron chi connectivity index (χ4n) is 3.41. The number of benzene rings is 2. The predicted molar refractivity (Wildman–Crippen MR) is 97.7 cm³/mol. The van der Waals surface area contributed by atoms with Crippen molar-refractivity contribution in [3.05, 3.63) is 70.8 Å². The van der Waals surface area contributed by atoms with Crippen LogP contribution in [0.1, 0.15) is 34.4 Å². The van der Waals surface area contributed by atoms with Gasteiger partial charge >= 0.3 is 0 Å². The van der Waals surface area contributed by atoms with Crippen molar-refractivity contribution in [3.8, 4) is 0 Å². The van der Waals surface area contributed by atoms with Gasteiger partial charge in [0.1, 0.15) is 0 Å². The van der Waals surface area contributed by atoms with Gasteiger partial charge in [-0.2, -0.15) is 0 Å². The van der Waals surface area contributed by atoms with E-state index in [1.165, 1.54) is 22.3 Å². The lowest BCUT2D eigenvalue weighted by atomic mass is 10.00. The van der Waals surface area contributed by atoms with Crippen LogP contribution in [-0.4, -0.2) is 30.8 Å². The molecule has 0 radical (unpaired) electrons. The molecule has 2 heteroatoms. The quantitative estimate of drug-likeness (QED) is 0.814. The summed E-state index contributed by atoms with van der Waals surface area (Å²) in [6.07, 6.45) is 2.32. The summed E-state index contributed by atoms with van der Waals surface area (Å²) in [7, 11) is 4.32. The lowest BCUT2D eigenvalue weighted by molar-refractivity contribution is 0.413. The van der Waals surface area contributed by atoms with E-state index in [1.807, 2.05) is 0 Å². The first-order valence-corrected chi connectivity index (χ1v) is 9.05. The summed E-state index contributed by atoms with van der Waals surface area (Å²) in [6, 6.07) is 18.0. The van der Waals surface area contributed by atoms with E-state index in [9.17, 15) is 0 Å². The highest BCUT2D eigenvalue weighted by Crippen LogP contribution is 2.43. The molecular formula is C20H25NS. The maximum atomic E-state index is 2.35. The van der Waals surface area contributed by atoms with Crippen molar-refractivity contribution in [3.63, 3.8) is 0 Å². The van der Waals surface area contributed by atoms with E-state index in [1.54, 1.807) is 0 Å². The standard InChI is InChI=1S/C20H25NS/c1-15(14-21(2)3)22-20-18-10-6-4-8-16(18)12-13-17-9-5-7-11-19(17)20/h4-11,15,20H,12-14H2,1-3H3. The second-order valence-electron chi connectivity index (χ2n) is 6.49. The molecule has 1 unspecified atom stereocenters. The molecule has 0 N–H and O–H groups in total. The minimum Gasteiger partial charge on any atom is -0.308 e. The van der Waals surface area contributed by atoms with Crippen molar-refractivity contribution in [1.29, 1.82) is 0 Å². The van der Waals surface area contributed by atoms with E-state index in [4.69, 9.17) is 0 Å². The molecule has 0 saturated heterocycles. The Morgan fingerprint density at radius 3 is 1.95 bits per heavy atom. The fraction of sp³-hybridized carbons (Fsp3) is 0.400. The second-order valence-corrected chi connectivity index (χ2v) is 8.03. The molecule has 0 bridgehead atoms. The topological polar surface area (TPSA) is 3.24 Å². The molecule has 1 aliphatic carbocycles. The summed E-state index contributed by atoms with van der Waals surface area (Å²) in [4.78, 5) is 2.28.